The molecule has 0 amide bonds. The standard InChI is InChI=1S/C25H28FNO5S/c1-3-27(4-2)11-5-6-16-12-19(26)8-10-22(16)33(30,31)15-17-7-9-20-21-13-18(21)14-32-24(20)23(17)25(28)29/h5-10,12,18,21H,3-4,11,13-15H2,1-2H3,(H,28,29)/t18-,21-/m0/s1. The number of benzene rings is 2. The molecule has 0 aromatic heterocycles. The van der Waals surface area contributed by atoms with Gasteiger partial charge in [-0.2, -0.15) is 0 Å². The highest BCUT2D eigenvalue weighted by Gasteiger charge is 2.45. The number of likely N-dealkylation sites (N-methyl/N-ethyl adjacent to an activating group) is 1. The molecule has 1 fully saturated rings. The lowest BCUT2D eigenvalue weighted by Crippen LogP contribution is -2.22. The van der Waals surface area contributed by atoms with Crippen LogP contribution in [0.4, 0.5) is 4.39 Å². The summed E-state index contributed by atoms with van der Waals surface area (Å²) < 4.78 is 46.4. The number of hydrogen-bond donors (Lipinski definition) is 1. The van der Waals surface area contributed by atoms with Gasteiger partial charge in [-0.15, -0.1) is 0 Å². The number of nitrogens with zero attached hydrogens (tertiary/aromatic N) is 1. The summed E-state index contributed by atoms with van der Waals surface area (Å²) in [5.41, 5.74) is 1.16. The number of halogens is 1. The van der Waals surface area contributed by atoms with Gasteiger partial charge in [-0.3, -0.25) is 0 Å². The van der Waals surface area contributed by atoms with E-state index in [1.165, 1.54) is 12.1 Å². The summed E-state index contributed by atoms with van der Waals surface area (Å²) in [6.45, 7) is 6.80. The third-order valence-electron chi connectivity index (χ3n) is 6.46. The molecular formula is C25H28FNO5S. The fraction of sp³-hybridized carbons (Fsp3) is 0.400. The van der Waals surface area contributed by atoms with E-state index < -0.39 is 27.4 Å². The van der Waals surface area contributed by atoms with Crippen molar-refractivity contribution in [3.63, 3.8) is 0 Å². The molecule has 0 spiro atoms. The van der Waals surface area contributed by atoms with Gasteiger partial charge in [0, 0.05) is 12.5 Å². The molecule has 1 aliphatic carbocycles. The molecule has 8 heteroatoms. The minimum absolute atomic E-state index is 0.0306. The fourth-order valence-corrected chi connectivity index (χ4v) is 6.04. The van der Waals surface area contributed by atoms with Crippen molar-refractivity contribution >= 4 is 21.9 Å². The summed E-state index contributed by atoms with van der Waals surface area (Å²) in [5.74, 6) is -1.27. The number of rotatable bonds is 9. The average Bonchev–Trinajstić information content (AvgIpc) is 3.56. The van der Waals surface area contributed by atoms with Crippen LogP contribution in [0.2, 0.25) is 0 Å². The van der Waals surface area contributed by atoms with Gasteiger partial charge in [0.2, 0.25) is 0 Å². The van der Waals surface area contributed by atoms with E-state index >= 15 is 0 Å². The molecule has 0 bridgehead atoms. The summed E-state index contributed by atoms with van der Waals surface area (Å²) in [5, 5.41) is 9.85. The van der Waals surface area contributed by atoms with Crippen LogP contribution >= 0.6 is 0 Å². The highest BCUT2D eigenvalue weighted by Crippen LogP contribution is 2.55. The molecule has 0 saturated heterocycles. The normalized spacial score (nSPS) is 19.3. The summed E-state index contributed by atoms with van der Waals surface area (Å²) >= 11 is 0. The van der Waals surface area contributed by atoms with Crippen molar-refractivity contribution in [2.75, 3.05) is 26.2 Å². The molecule has 0 unspecified atom stereocenters. The van der Waals surface area contributed by atoms with Gasteiger partial charge < -0.3 is 14.7 Å². The molecule has 2 aromatic carbocycles. The first kappa shape index (κ1) is 23.4. The van der Waals surface area contributed by atoms with Crippen LogP contribution in [-0.4, -0.2) is 50.6 Å². The lowest BCUT2D eigenvalue weighted by molar-refractivity contribution is 0.0690. The van der Waals surface area contributed by atoms with E-state index in [1.54, 1.807) is 18.2 Å². The molecule has 0 radical (unpaired) electrons. The topological polar surface area (TPSA) is 83.9 Å². The molecule has 2 aliphatic rings. The Morgan fingerprint density at radius 1 is 1.24 bits per heavy atom. The number of hydrogen-bond acceptors (Lipinski definition) is 5. The first-order valence-electron chi connectivity index (χ1n) is 11.2. The molecule has 4 rings (SSSR count). The van der Waals surface area contributed by atoms with E-state index in [2.05, 4.69) is 4.90 Å². The van der Waals surface area contributed by atoms with Gasteiger partial charge in [0.25, 0.3) is 0 Å². The van der Waals surface area contributed by atoms with Crippen molar-refractivity contribution in [3.8, 4) is 5.75 Å². The maximum absolute atomic E-state index is 13.9. The predicted octanol–water partition coefficient (Wildman–Crippen LogP) is 4.35. The first-order chi connectivity index (χ1) is 15.7. The lowest BCUT2D eigenvalue weighted by atomic mass is 9.98. The van der Waals surface area contributed by atoms with Crippen molar-refractivity contribution in [1.29, 1.82) is 0 Å². The van der Waals surface area contributed by atoms with Crippen LogP contribution < -0.4 is 4.74 Å². The quantitative estimate of drug-likeness (QED) is 0.545. The highest BCUT2D eigenvalue weighted by molar-refractivity contribution is 7.90. The molecule has 176 valence electrons. The Morgan fingerprint density at radius 2 is 2.00 bits per heavy atom. The van der Waals surface area contributed by atoms with Crippen molar-refractivity contribution in [3.05, 3.63) is 64.5 Å². The molecule has 6 nitrogen and oxygen atoms in total. The molecule has 1 heterocycles. The number of carboxylic acid groups (broad SMARTS) is 1. The summed E-state index contributed by atoms with van der Waals surface area (Å²) in [6.07, 6.45) is 4.38. The number of carboxylic acids is 1. The molecule has 1 N–H and O–H groups in total. The van der Waals surface area contributed by atoms with Crippen molar-refractivity contribution in [2.45, 2.75) is 36.8 Å². The number of carbonyl (C=O) groups is 1. The number of fused-ring (bicyclic) bond motifs is 3. The van der Waals surface area contributed by atoms with Gasteiger partial charge in [-0.1, -0.05) is 38.1 Å². The van der Waals surface area contributed by atoms with Gasteiger partial charge in [-0.25, -0.2) is 17.6 Å². The maximum atomic E-state index is 13.9. The Morgan fingerprint density at radius 3 is 2.70 bits per heavy atom. The Kier molecular flexibility index (Phi) is 6.59. The number of aromatic carboxylic acids is 1. The lowest BCUT2D eigenvalue weighted by Gasteiger charge is -2.21. The first-order valence-corrected chi connectivity index (χ1v) is 12.8. The Labute approximate surface area is 193 Å². The SMILES string of the molecule is CCN(CC)CC=Cc1cc(F)ccc1S(=O)(=O)Cc1ccc2c(c1C(=O)O)OC[C@@H]1C[C@H]21. The second kappa shape index (κ2) is 9.27. The molecule has 1 saturated carbocycles. The highest BCUT2D eigenvalue weighted by atomic mass is 32.2. The van der Waals surface area contributed by atoms with Crippen LogP contribution in [0.3, 0.4) is 0 Å². The Balaban J connectivity index is 1.68. The molecule has 33 heavy (non-hydrogen) atoms. The van der Waals surface area contributed by atoms with E-state index in [4.69, 9.17) is 4.74 Å². The Hall–Kier alpha value is -2.71. The summed E-state index contributed by atoms with van der Waals surface area (Å²) in [7, 11) is -3.96. The van der Waals surface area contributed by atoms with Crippen LogP contribution in [0, 0.1) is 11.7 Å². The second-order valence-electron chi connectivity index (χ2n) is 8.57. The zero-order chi connectivity index (χ0) is 23.8. The summed E-state index contributed by atoms with van der Waals surface area (Å²) in [6, 6.07) is 6.89. The summed E-state index contributed by atoms with van der Waals surface area (Å²) in [4.78, 5) is 14.2. The monoisotopic (exact) mass is 473 g/mol. The van der Waals surface area contributed by atoms with Crippen LogP contribution in [0.1, 0.15) is 53.2 Å². The van der Waals surface area contributed by atoms with Crippen LogP contribution in [0.5, 0.6) is 5.75 Å². The van der Waals surface area contributed by atoms with E-state index in [0.717, 1.165) is 31.1 Å². The molecule has 2 atom stereocenters. The second-order valence-corrected chi connectivity index (χ2v) is 10.5. The van der Waals surface area contributed by atoms with E-state index in [1.807, 2.05) is 19.9 Å². The predicted molar refractivity (Wildman–Crippen MR) is 124 cm³/mol. The minimum atomic E-state index is -3.96. The smallest absolute Gasteiger partial charge is 0.339 e. The molecular weight excluding hydrogens is 445 g/mol. The Bertz CT molecular complexity index is 1200. The van der Waals surface area contributed by atoms with Crippen LogP contribution in [0.15, 0.2) is 41.3 Å². The number of sulfone groups is 1. The van der Waals surface area contributed by atoms with Gasteiger partial charge in [-0.05, 0) is 60.3 Å². The van der Waals surface area contributed by atoms with E-state index in [0.29, 0.717) is 19.1 Å². The number of ether oxygens (including phenoxy) is 1. The molecule has 2 aromatic rings. The van der Waals surface area contributed by atoms with E-state index in [9.17, 15) is 22.7 Å². The third kappa shape index (κ3) is 4.82. The zero-order valence-electron chi connectivity index (χ0n) is 18.8. The fourth-order valence-electron chi connectivity index (χ4n) is 4.47. The van der Waals surface area contributed by atoms with Gasteiger partial charge in [0.05, 0.1) is 17.3 Å². The van der Waals surface area contributed by atoms with E-state index in [-0.39, 0.29) is 33.3 Å². The molecule has 1 aliphatic heterocycles. The van der Waals surface area contributed by atoms with Gasteiger partial charge >= 0.3 is 5.97 Å². The van der Waals surface area contributed by atoms with Crippen molar-refractivity contribution in [2.24, 2.45) is 5.92 Å². The largest absolute Gasteiger partial charge is 0.492 e. The third-order valence-corrected chi connectivity index (χ3v) is 8.19. The van der Waals surface area contributed by atoms with Crippen LogP contribution in [0.25, 0.3) is 6.08 Å². The van der Waals surface area contributed by atoms with Gasteiger partial charge in [0.1, 0.15) is 17.1 Å². The van der Waals surface area contributed by atoms with Crippen LogP contribution in [-0.2, 0) is 15.6 Å². The zero-order valence-corrected chi connectivity index (χ0v) is 19.6. The maximum Gasteiger partial charge on any atom is 0.339 e. The minimum Gasteiger partial charge on any atom is -0.492 e. The average molecular weight is 474 g/mol. The van der Waals surface area contributed by atoms with Crippen molar-refractivity contribution < 1.29 is 27.4 Å². The van der Waals surface area contributed by atoms with Gasteiger partial charge in [0.15, 0.2) is 9.84 Å². The van der Waals surface area contributed by atoms with Crippen molar-refractivity contribution in [1.82, 2.24) is 4.90 Å².